The molecule has 1 N–H and O–H groups in total. The number of nitrogens with zero attached hydrogens (tertiary/aromatic N) is 2. The minimum absolute atomic E-state index is 0.0920. The molecule has 0 unspecified atom stereocenters. The van der Waals surface area contributed by atoms with Crippen molar-refractivity contribution >= 4 is 22.1 Å². The van der Waals surface area contributed by atoms with E-state index in [9.17, 15) is 0 Å². The Morgan fingerprint density at radius 3 is 2.52 bits per heavy atom. The number of fused-ring (bicyclic) bond motifs is 1. The highest BCUT2D eigenvalue weighted by Crippen LogP contribution is 2.27. The van der Waals surface area contributed by atoms with E-state index in [1.807, 2.05) is 0 Å². The Labute approximate surface area is 129 Å². The van der Waals surface area contributed by atoms with Crippen molar-refractivity contribution in [1.29, 1.82) is 0 Å². The van der Waals surface area contributed by atoms with Gasteiger partial charge in [0.2, 0.25) is 0 Å². The van der Waals surface area contributed by atoms with Crippen LogP contribution in [-0.4, -0.2) is 15.7 Å². The number of rotatable bonds is 3. The summed E-state index contributed by atoms with van der Waals surface area (Å²) in [5.74, 6) is 0. The van der Waals surface area contributed by atoms with E-state index < -0.39 is 0 Å². The molecule has 4 heteroatoms. The van der Waals surface area contributed by atoms with Crippen LogP contribution in [0, 0.1) is 0 Å². The average Bonchev–Trinajstić information content (AvgIpc) is 2.93. The highest BCUT2D eigenvalue weighted by molar-refractivity contribution is 7.14. The molecule has 3 nitrogen and oxygen atoms in total. The first-order valence-corrected chi connectivity index (χ1v) is 7.89. The first kappa shape index (κ1) is 14.2. The third-order valence-corrected chi connectivity index (χ3v) is 4.21. The van der Waals surface area contributed by atoms with E-state index in [0.717, 1.165) is 22.1 Å². The molecule has 0 radical (unpaired) electrons. The van der Waals surface area contributed by atoms with Gasteiger partial charge in [-0.2, -0.15) is 0 Å². The molecular weight excluding hydrogens is 278 g/mol. The Hall–Kier alpha value is -1.78. The van der Waals surface area contributed by atoms with Crippen molar-refractivity contribution in [3.63, 3.8) is 0 Å². The summed E-state index contributed by atoms with van der Waals surface area (Å²) in [6, 6.07) is 14.8. The number of hydrogen-bond donors (Lipinski definition) is 1. The zero-order valence-electron chi connectivity index (χ0n) is 12.6. The number of aromatic nitrogens is 2. The lowest BCUT2D eigenvalue weighted by Gasteiger charge is -2.19. The lowest BCUT2D eigenvalue weighted by atomic mass is 10.1. The Morgan fingerprint density at radius 1 is 1.00 bits per heavy atom. The van der Waals surface area contributed by atoms with Crippen molar-refractivity contribution in [2.45, 2.75) is 32.9 Å². The number of benzene rings is 2. The SMILES string of the molecule is CC(C)(C)NCc1nnc(-c2ccc3ccccc3c2)s1. The van der Waals surface area contributed by atoms with Crippen LogP contribution in [0.1, 0.15) is 25.8 Å². The molecule has 0 aliphatic rings. The van der Waals surface area contributed by atoms with Crippen LogP contribution in [0.15, 0.2) is 42.5 Å². The molecule has 1 aromatic heterocycles. The summed E-state index contributed by atoms with van der Waals surface area (Å²) >= 11 is 1.65. The largest absolute Gasteiger partial charge is 0.306 e. The average molecular weight is 297 g/mol. The predicted octanol–water partition coefficient (Wildman–Crippen LogP) is 4.25. The van der Waals surface area contributed by atoms with E-state index in [1.54, 1.807) is 11.3 Å². The van der Waals surface area contributed by atoms with E-state index in [0.29, 0.717) is 0 Å². The third kappa shape index (κ3) is 3.46. The van der Waals surface area contributed by atoms with Gasteiger partial charge in [-0.3, -0.25) is 0 Å². The predicted molar refractivity (Wildman–Crippen MR) is 89.4 cm³/mol. The van der Waals surface area contributed by atoms with E-state index in [4.69, 9.17) is 0 Å². The van der Waals surface area contributed by atoms with E-state index in [1.165, 1.54) is 10.8 Å². The quantitative estimate of drug-likeness (QED) is 0.785. The van der Waals surface area contributed by atoms with Gasteiger partial charge in [0.1, 0.15) is 10.0 Å². The van der Waals surface area contributed by atoms with E-state index in [-0.39, 0.29) is 5.54 Å². The lowest BCUT2D eigenvalue weighted by Crippen LogP contribution is -2.35. The molecule has 0 fully saturated rings. The summed E-state index contributed by atoms with van der Waals surface area (Å²) in [5.41, 5.74) is 1.22. The standard InChI is InChI=1S/C17H19N3S/c1-17(2,3)18-11-15-19-20-16(21-15)14-9-8-12-6-4-5-7-13(12)10-14/h4-10,18H,11H2,1-3H3. The van der Waals surface area contributed by atoms with Crippen molar-refractivity contribution in [1.82, 2.24) is 15.5 Å². The van der Waals surface area contributed by atoms with E-state index >= 15 is 0 Å². The molecule has 3 aromatic rings. The van der Waals surface area contributed by atoms with Crippen LogP contribution in [-0.2, 0) is 6.54 Å². The van der Waals surface area contributed by atoms with Crippen molar-refractivity contribution < 1.29 is 0 Å². The first-order chi connectivity index (χ1) is 10.0. The van der Waals surface area contributed by atoms with Gasteiger partial charge in [0, 0.05) is 11.1 Å². The van der Waals surface area contributed by atoms with Crippen LogP contribution in [0.25, 0.3) is 21.3 Å². The Kier molecular flexibility index (Phi) is 3.74. The fourth-order valence-electron chi connectivity index (χ4n) is 2.10. The molecule has 0 amide bonds. The molecular formula is C17H19N3S. The van der Waals surface area contributed by atoms with Crippen LogP contribution in [0.2, 0.25) is 0 Å². The molecule has 3 rings (SSSR count). The molecule has 0 spiro atoms. The maximum Gasteiger partial charge on any atom is 0.147 e. The summed E-state index contributed by atoms with van der Waals surface area (Å²) in [6.07, 6.45) is 0. The fourth-order valence-corrected chi connectivity index (χ4v) is 2.88. The normalized spacial score (nSPS) is 12.0. The second-order valence-corrected chi connectivity index (χ2v) is 7.23. The van der Waals surface area contributed by atoms with Crippen LogP contribution >= 0.6 is 11.3 Å². The molecule has 0 saturated heterocycles. The monoisotopic (exact) mass is 297 g/mol. The zero-order valence-corrected chi connectivity index (χ0v) is 13.4. The molecule has 0 aliphatic carbocycles. The number of hydrogen-bond acceptors (Lipinski definition) is 4. The zero-order chi connectivity index (χ0) is 14.9. The molecule has 21 heavy (non-hydrogen) atoms. The molecule has 1 heterocycles. The molecule has 108 valence electrons. The Balaban J connectivity index is 1.84. The third-order valence-electron chi connectivity index (χ3n) is 3.23. The molecule has 0 saturated carbocycles. The second kappa shape index (κ2) is 5.54. The highest BCUT2D eigenvalue weighted by Gasteiger charge is 2.12. The summed E-state index contributed by atoms with van der Waals surface area (Å²) in [5, 5.41) is 16.5. The molecule has 0 bridgehead atoms. The topological polar surface area (TPSA) is 37.8 Å². The minimum atomic E-state index is 0.0920. The lowest BCUT2D eigenvalue weighted by molar-refractivity contribution is 0.423. The number of nitrogens with one attached hydrogen (secondary N) is 1. The van der Waals surface area contributed by atoms with Gasteiger partial charge in [-0.25, -0.2) is 0 Å². The summed E-state index contributed by atoms with van der Waals surface area (Å²) in [7, 11) is 0. The van der Waals surface area contributed by atoms with Gasteiger partial charge < -0.3 is 5.32 Å². The minimum Gasteiger partial charge on any atom is -0.306 e. The Bertz CT molecular complexity index is 756. The van der Waals surface area contributed by atoms with Crippen LogP contribution < -0.4 is 5.32 Å². The first-order valence-electron chi connectivity index (χ1n) is 7.08. The summed E-state index contributed by atoms with van der Waals surface area (Å²) in [4.78, 5) is 0. The van der Waals surface area contributed by atoms with Gasteiger partial charge in [-0.15, -0.1) is 10.2 Å². The maximum atomic E-state index is 4.32. The van der Waals surface area contributed by atoms with Crippen LogP contribution in [0.3, 0.4) is 0 Å². The Morgan fingerprint density at radius 2 is 1.76 bits per heavy atom. The van der Waals surface area contributed by atoms with E-state index in [2.05, 4.69) is 78.7 Å². The molecule has 0 aliphatic heterocycles. The van der Waals surface area contributed by atoms with Gasteiger partial charge in [0.05, 0.1) is 6.54 Å². The highest BCUT2D eigenvalue weighted by atomic mass is 32.1. The van der Waals surface area contributed by atoms with Crippen molar-refractivity contribution in [3.8, 4) is 10.6 Å². The van der Waals surface area contributed by atoms with Crippen molar-refractivity contribution in [2.75, 3.05) is 0 Å². The van der Waals surface area contributed by atoms with Crippen LogP contribution in [0.5, 0.6) is 0 Å². The van der Waals surface area contributed by atoms with Gasteiger partial charge in [-0.05, 0) is 37.6 Å². The summed E-state index contributed by atoms with van der Waals surface area (Å²) in [6.45, 7) is 7.21. The second-order valence-electron chi connectivity index (χ2n) is 6.17. The van der Waals surface area contributed by atoms with Gasteiger partial charge in [0.25, 0.3) is 0 Å². The van der Waals surface area contributed by atoms with Gasteiger partial charge >= 0.3 is 0 Å². The smallest absolute Gasteiger partial charge is 0.147 e. The van der Waals surface area contributed by atoms with Crippen molar-refractivity contribution in [3.05, 3.63) is 47.5 Å². The van der Waals surface area contributed by atoms with Gasteiger partial charge in [-0.1, -0.05) is 47.7 Å². The van der Waals surface area contributed by atoms with Gasteiger partial charge in [0.15, 0.2) is 0 Å². The summed E-state index contributed by atoms with van der Waals surface area (Å²) < 4.78 is 0. The fraction of sp³-hybridized carbons (Fsp3) is 0.294. The maximum absolute atomic E-state index is 4.32. The molecule has 0 atom stereocenters. The van der Waals surface area contributed by atoms with Crippen LogP contribution in [0.4, 0.5) is 0 Å². The van der Waals surface area contributed by atoms with Crippen molar-refractivity contribution in [2.24, 2.45) is 0 Å². The molecule has 2 aromatic carbocycles.